The molecule has 2 aromatic heterocycles. The summed E-state index contributed by atoms with van der Waals surface area (Å²) in [6, 6.07) is 18.4. The van der Waals surface area contributed by atoms with Crippen LogP contribution in [0.1, 0.15) is 0 Å². The topological polar surface area (TPSA) is 85.9 Å². The summed E-state index contributed by atoms with van der Waals surface area (Å²) < 4.78 is 1.35. The van der Waals surface area contributed by atoms with Crippen molar-refractivity contribution in [3.63, 3.8) is 0 Å². The van der Waals surface area contributed by atoms with E-state index in [1.54, 1.807) is 36.7 Å². The molecule has 0 atom stereocenters. The van der Waals surface area contributed by atoms with Gasteiger partial charge in [-0.2, -0.15) is 0 Å². The molecule has 2 heterocycles. The average Bonchev–Trinajstić information content (AvgIpc) is 2.67. The van der Waals surface area contributed by atoms with Crippen molar-refractivity contribution in [1.29, 1.82) is 0 Å². The third kappa shape index (κ3) is 2.78. The first kappa shape index (κ1) is 14.8. The van der Waals surface area contributed by atoms with Crippen LogP contribution in [0.4, 0.5) is 11.6 Å². The largest absolute Gasteiger partial charge is 0.425 e. The summed E-state index contributed by atoms with van der Waals surface area (Å²) in [5, 5.41) is 17.2. The number of benzene rings is 2. The Morgan fingerprint density at radius 1 is 1.00 bits per heavy atom. The first-order valence-corrected chi connectivity index (χ1v) is 7.64. The van der Waals surface area contributed by atoms with Crippen LogP contribution in [0.3, 0.4) is 0 Å². The summed E-state index contributed by atoms with van der Waals surface area (Å²) in [5.41, 5.74) is 3.09. The molecule has 7 heteroatoms. The van der Waals surface area contributed by atoms with E-state index in [1.165, 1.54) is 0 Å². The number of rotatable bonds is 3. The standard InChI is InChI=1S/C18H14N5O2/c24-22-17-11-14(13-5-2-1-3-6-13)8-9-16(17)23(25)21-18(22)20-15-7-4-10-19-12-15/h1-12,24H,(H,20,21,25)/q+1. The highest BCUT2D eigenvalue weighted by Gasteiger charge is 2.18. The van der Waals surface area contributed by atoms with Gasteiger partial charge in [0.1, 0.15) is 0 Å². The monoisotopic (exact) mass is 332 g/mol. The SMILES string of the molecule is O=[n+]1nc(Nc2cccnc2)n(O)c2cc(-c3ccccc3)ccc21. The zero-order chi connectivity index (χ0) is 17.2. The van der Waals surface area contributed by atoms with Crippen molar-refractivity contribution in [2.45, 2.75) is 0 Å². The molecule has 0 radical (unpaired) electrons. The minimum atomic E-state index is 0.000659. The summed E-state index contributed by atoms with van der Waals surface area (Å²) >= 11 is 0. The molecule has 0 aliphatic rings. The summed E-state index contributed by atoms with van der Waals surface area (Å²) in [4.78, 5) is 16.2. The Kier molecular flexibility index (Phi) is 3.59. The summed E-state index contributed by atoms with van der Waals surface area (Å²) in [7, 11) is 0. The van der Waals surface area contributed by atoms with Crippen molar-refractivity contribution in [2.24, 2.45) is 0 Å². The minimum Gasteiger partial charge on any atom is -0.425 e. The van der Waals surface area contributed by atoms with Gasteiger partial charge in [-0.15, -0.1) is 4.73 Å². The van der Waals surface area contributed by atoms with Crippen molar-refractivity contribution in [3.8, 4) is 11.1 Å². The van der Waals surface area contributed by atoms with Crippen LogP contribution < -0.4 is 9.86 Å². The van der Waals surface area contributed by atoms with Gasteiger partial charge in [-0.25, -0.2) is 0 Å². The van der Waals surface area contributed by atoms with E-state index < -0.39 is 0 Å². The lowest BCUT2D eigenvalue weighted by Crippen LogP contribution is -2.25. The van der Waals surface area contributed by atoms with Crippen LogP contribution in [0.15, 0.2) is 73.1 Å². The van der Waals surface area contributed by atoms with E-state index in [9.17, 15) is 10.1 Å². The summed E-state index contributed by atoms with van der Waals surface area (Å²) in [6.07, 6.45) is 3.20. The zero-order valence-electron chi connectivity index (χ0n) is 13.1. The minimum absolute atomic E-state index is 0.000659. The molecule has 0 fully saturated rings. The Bertz CT molecular complexity index is 1090. The second kappa shape index (κ2) is 6.04. The lowest BCUT2D eigenvalue weighted by Gasteiger charge is -2.08. The van der Waals surface area contributed by atoms with E-state index in [1.807, 2.05) is 36.4 Å². The Morgan fingerprint density at radius 2 is 1.84 bits per heavy atom. The molecule has 0 unspecified atom stereocenters. The molecular weight excluding hydrogens is 318 g/mol. The molecule has 122 valence electrons. The molecule has 0 bridgehead atoms. The quantitative estimate of drug-likeness (QED) is 0.445. The number of anilines is 2. The first-order valence-electron chi connectivity index (χ1n) is 7.64. The van der Waals surface area contributed by atoms with Crippen molar-refractivity contribution in [3.05, 3.63) is 78.0 Å². The fourth-order valence-corrected chi connectivity index (χ4v) is 2.61. The highest BCUT2D eigenvalue weighted by Crippen LogP contribution is 2.23. The Labute approximate surface area is 142 Å². The molecule has 4 aromatic rings. The molecule has 4 rings (SSSR count). The number of hydrogen-bond acceptors (Lipinski definition) is 5. The summed E-state index contributed by atoms with van der Waals surface area (Å²) in [5.74, 6) is 0.000659. The molecule has 0 aliphatic heterocycles. The maximum atomic E-state index is 12.2. The lowest BCUT2D eigenvalue weighted by molar-refractivity contribution is -0.535. The number of fused-ring (bicyclic) bond motifs is 1. The van der Waals surface area contributed by atoms with Gasteiger partial charge in [-0.05, 0) is 35.4 Å². The Hall–Kier alpha value is -3.74. The van der Waals surface area contributed by atoms with Gasteiger partial charge >= 0.3 is 11.5 Å². The van der Waals surface area contributed by atoms with Crippen LogP contribution >= 0.6 is 0 Å². The van der Waals surface area contributed by atoms with E-state index in [0.29, 0.717) is 15.7 Å². The highest BCUT2D eigenvalue weighted by molar-refractivity contribution is 5.80. The number of nitrogens with one attached hydrogen (secondary N) is 1. The normalized spacial score (nSPS) is 10.7. The van der Waals surface area contributed by atoms with Gasteiger partial charge in [0.2, 0.25) is 0 Å². The van der Waals surface area contributed by atoms with E-state index in [2.05, 4.69) is 15.4 Å². The molecule has 0 spiro atoms. The van der Waals surface area contributed by atoms with Crippen molar-refractivity contribution in [1.82, 2.24) is 14.8 Å². The second-order valence-electron chi connectivity index (χ2n) is 5.44. The molecule has 0 saturated heterocycles. The second-order valence-corrected chi connectivity index (χ2v) is 5.44. The van der Waals surface area contributed by atoms with Crippen molar-refractivity contribution >= 4 is 22.7 Å². The van der Waals surface area contributed by atoms with Gasteiger partial charge in [0.15, 0.2) is 10.1 Å². The third-order valence-corrected chi connectivity index (χ3v) is 3.82. The predicted octanol–water partition coefficient (Wildman–Crippen LogP) is 2.99. The number of aromatic nitrogens is 4. The predicted molar refractivity (Wildman–Crippen MR) is 93.2 cm³/mol. The summed E-state index contributed by atoms with van der Waals surface area (Å²) in [6.45, 7) is 0. The average molecular weight is 332 g/mol. The van der Waals surface area contributed by atoms with Gasteiger partial charge in [-0.1, -0.05) is 30.3 Å². The van der Waals surface area contributed by atoms with E-state index in [4.69, 9.17) is 0 Å². The van der Waals surface area contributed by atoms with Crippen LogP contribution in [0.5, 0.6) is 0 Å². The van der Waals surface area contributed by atoms with E-state index >= 15 is 0 Å². The van der Waals surface area contributed by atoms with Gasteiger partial charge in [-0.3, -0.25) is 4.98 Å². The molecule has 2 aromatic carbocycles. The third-order valence-electron chi connectivity index (χ3n) is 3.82. The van der Waals surface area contributed by atoms with Crippen molar-refractivity contribution < 1.29 is 9.75 Å². The fourth-order valence-electron chi connectivity index (χ4n) is 2.61. The molecule has 0 aliphatic carbocycles. The Morgan fingerprint density at radius 3 is 2.60 bits per heavy atom. The lowest BCUT2D eigenvalue weighted by atomic mass is 10.1. The van der Waals surface area contributed by atoms with E-state index in [0.717, 1.165) is 15.9 Å². The van der Waals surface area contributed by atoms with Crippen LogP contribution in [0, 0.1) is 4.91 Å². The number of pyridine rings is 1. The van der Waals surface area contributed by atoms with Crippen LogP contribution in [0.2, 0.25) is 0 Å². The van der Waals surface area contributed by atoms with Gasteiger partial charge in [0.25, 0.3) is 0 Å². The van der Waals surface area contributed by atoms with Crippen LogP contribution in [-0.4, -0.2) is 20.0 Å². The molecular formula is C18H14N5O2+. The Balaban J connectivity index is 1.86. The van der Waals surface area contributed by atoms with Gasteiger partial charge < -0.3 is 10.5 Å². The smallest absolute Gasteiger partial charge is 0.322 e. The highest BCUT2D eigenvalue weighted by atomic mass is 16.5. The number of hydrogen-bond donors (Lipinski definition) is 2. The maximum absolute atomic E-state index is 12.2. The van der Waals surface area contributed by atoms with Gasteiger partial charge in [0.05, 0.1) is 21.9 Å². The maximum Gasteiger partial charge on any atom is 0.322 e. The first-order chi connectivity index (χ1) is 12.2. The fraction of sp³-hybridized carbons (Fsp3) is 0. The zero-order valence-corrected chi connectivity index (χ0v) is 13.1. The molecule has 0 saturated carbocycles. The van der Waals surface area contributed by atoms with Gasteiger partial charge in [0, 0.05) is 12.3 Å². The van der Waals surface area contributed by atoms with Crippen LogP contribution in [0.25, 0.3) is 22.2 Å². The molecule has 25 heavy (non-hydrogen) atoms. The van der Waals surface area contributed by atoms with Crippen molar-refractivity contribution in [2.75, 3.05) is 5.32 Å². The number of nitrogens with zero attached hydrogens (tertiary/aromatic N) is 4. The van der Waals surface area contributed by atoms with E-state index in [-0.39, 0.29) is 11.5 Å². The molecule has 0 amide bonds. The van der Waals surface area contributed by atoms with Crippen LogP contribution in [-0.2, 0) is 0 Å². The molecule has 2 N–H and O–H groups in total. The molecule has 7 nitrogen and oxygen atoms in total.